The lowest BCUT2D eigenvalue weighted by atomic mass is 10.1. The fourth-order valence-corrected chi connectivity index (χ4v) is 2.84. The molecule has 1 heterocycles. The Kier molecular flexibility index (Phi) is 6.16. The molecule has 28 heavy (non-hydrogen) atoms. The molecular weight excluding hydrogens is 356 g/mol. The first-order valence-electron chi connectivity index (χ1n) is 8.97. The van der Waals surface area contributed by atoms with Crippen LogP contribution in [0.2, 0.25) is 0 Å². The molecule has 2 N–H and O–H groups in total. The summed E-state index contributed by atoms with van der Waals surface area (Å²) in [6.07, 6.45) is 4.38. The Morgan fingerprint density at radius 2 is 1.82 bits per heavy atom. The fraction of sp³-hybridized carbons (Fsp3) is 0.238. The highest BCUT2D eigenvalue weighted by molar-refractivity contribution is 5.90. The molecule has 0 aliphatic carbocycles. The molecule has 0 aliphatic rings. The lowest BCUT2D eigenvalue weighted by Gasteiger charge is -2.14. The summed E-state index contributed by atoms with van der Waals surface area (Å²) in [6, 6.07) is 13.3. The molecule has 0 bridgehead atoms. The van der Waals surface area contributed by atoms with Crippen molar-refractivity contribution < 1.29 is 14.3 Å². The number of hydrogen-bond donors (Lipinski definition) is 2. The predicted octanol–water partition coefficient (Wildman–Crippen LogP) is 3.56. The van der Waals surface area contributed by atoms with Gasteiger partial charge < -0.3 is 20.1 Å². The highest BCUT2D eigenvalue weighted by Crippen LogP contribution is 2.32. The van der Waals surface area contributed by atoms with Gasteiger partial charge in [-0.1, -0.05) is 12.1 Å². The standard InChI is InChI=1S/C21H24N4O3/c1-15-13-19(27-2)20(28-3)14-18(15)24-21(26)22-11-9-16-5-7-17(8-6-16)25-12-4-10-23-25/h4-8,10,12-14H,9,11H2,1-3H3,(H2,22,24,26). The fourth-order valence-electron chi connectivity index (χ4n) is 2.84. The molecule has 0 saturated carbocycles. The van der Waals surface area contributed by atoms with Crippen LogP contribution in [0.25, 0.3) is 5.69 Å². The molecule has 146 valence electrons. The van der Waals surface area contributed by atoms with Gasteiger partial charge in [-0.3, -0.25) is 0 Å². The van der Waals surface area contributed by atoms with Crippen molar-refractivity contribution >= 4 is 11.7 Å². The third-order valence-electron chi connectivity index (χ3n) is 4.38. The minimum atomic E-state index is -0.261. The van der Waals surface area contributed by atoms with E-state index in [0.717, 1.165) is 23.2 Å². The van der Waals surface area contributed by atoms with E-state index in [1.807, 2.05) is 49.5 Å². The lowest BCUT2D eigenvalue weighted by Crippen LogP contribution is -2.30. The Labute approximate surface area is 164 Å². The molecule has 2 amide bonds. The van der Waals surface area contributed by atoms with Crippen LogP contribution in [0.5, 0.6) is 11.5 Å². The van der Waals surface area contributed by atoms with Crippen LogP contribution < -0.4 is 20.1 Å². The van der Waals surface area contributed by atoms with Crippen LogP contribution in [0.3, 0.4) is 0 Å². The van der Waals surface area contributed by atoms with Gasteiger partial charge in [-0.15, -0.1) is 0 Å². The number of methoxy groups -OCH3 is 2. The molecule has 0 aliphatic heterocycles. The number of ether oxygens (including phenoxy) is 2. The SMILES string of the molecule is COc1cc(C)c(NC(=O)NCCc2ccc(-n3cccn3)cc2)cc1OC. The van der Waals surface area contributed by atoms with E-state index < -0.39 is 0 Å². The van der Waals surface area contributed by atoms with Gasteiger partial charge in [-0.05, 0) is 48.7 Å². The first-order valence-corrected chi connectivity index (χ1v) is 8.97. The highest BCUT2D eigenvalue weighted by Gasteiger charge is 2.10. The highest BCUT2D eigenvalue weighted by atomic mass is 16.5. The maximum absolute atomic E-state index is 12.2. The first-order chi connectivity index (χ1) is 13.6. The van der Waals surface area contributed by atoms with Crippen molar-refractivity contribution in [2.45, 2.75) is 13.3 Å². The molecule has 3 aromatic rings. The second-order valence-electron chi connectivity index (χ2n) is 6.27. The summed E-state index contributed by atoms with van der Waals surface area (Å²) in [5.41, 5.74) is 3.71. The van der Waals surface area contributed by atoms with Gasteiger partial charge in [0.05, 0.1) is 19.9 Å². The quantitative estimate of drug-likeness (QED) is 0.657. The number of carbonyl (C=O) groups is 1. The summed E-state index contributed by atoms with van der Waals surface area (Å²) in [6.45, 7) is 2.43. The van der Waals surface area contributed by atoms with E-state index in [0.29, 0.717) is 23.7 Å². The van der Waals surface area contributed by atoms with Crippen molar-refractivity contribution in [2.75, 3.05) is 26.1 Å². The first kappa shape index (κ1) is 19.3. The molecule has 0 radical (unpaired) electrons. The second kappa shape index (κ2) is 8.94. The summed E-state index contributed by atoms with van der Waals surface area (Å²) < 4.78 is 12.4. The number of rotatable bonds is 7. The van der Waals surface area contributed by atoms with Crippen LogP contribution in [-0.4, -0.2) is 36.6 Å². The number of nitrogens with zero attached hydrogens (tertiary/aromatic N) is 2. The van der Waals surface area contributed by atoms with Gasteiger partial charge in [-0.2, -0.15) is 5.10 Å². The Hall–Kier alpha value is -3.48. The van der Waals surface area contributed by atoms with Crippen molar-refractivity contribution in [3.05, 3.63) is 66.0 Å². The monoisotopic (exact) mass is 380 g/mol. The smallest absolute Gasteiger partial charge is 0.319 e. The van der Waals surface area contributed by atoms with Crippen LogP contribution in [0, 0.1) is 6.92 Å². The van der Waals surface area contributed by atoms with Crippen LogP contribution in [0.1, 0.15) is 11.1 Å². The van der Waals surface area contributed by atoms with E-state index in [9.17, 15) is 4.79 Å². The van der Waals surface area contributed by atoms with Gasteiger partial charge in [0.2, 0.25) is 0 Å². The summed E-state index contributed by atoms with van der Waals surface area (Å²) in [4.78, 5) is 12.2. The molecule has 7 heteroatoms. The van der Waals surface area contributed by atoms with Crippen molar-refractivity contribution in [3.63, 3.8) is 0 Å². The van der Waals surface area contributed by atoms with Crippen molar-refractivity contribution in [1.29, 1.82) is 0 Å². The number of aryl methyl sites for hydroxylation is 1. The average molecular weight is 380 g/mol. The molecule has 3 rings (SSSR count). The summed E-state index contributed by atoms with van der Waals surface area (Å²) >= 11 is 0. The third kappa shape index (κ3) is 4.62. The number of amides is 2. The van der Waals surface area contributed by atoms with Crippen molar-refractivity contribution in [1.82, 2.24) is 15.1 Å². The average Bonchev–Trinajstić information content (AvgIpc) is 3.24. The zero-order valence-corrected chi connectivity index (χ0v) is 16.2. The number of anilines is 1. The van der Waals surface area contributed by atoms with Gasteiger partial charge in [0.15, 0.2) is 11.5 Å². The van der Waals surface area contributed by atoms with Crippen LogP contribution in [0.15, 0.2) is 54.9 Å². The molecule has 7 nitrogen and oxygen atoms in total. The Morgan fingerprint density at radius 3 is 2.46 bits per heavy atom. The Bertz CT molecular complexity index is 922. The minimum absolute atomic E-state index is 0.261. The van der Waals surface area contributed by atoms with E-state index in [4.69, 9.17) is 9.47 Å². The third-order valence-corrected chi connectivity index (χ3v) is 4.38. The van der Waals surface area contributed by atoms with Crippen LogP contribution in [-0.2, 0) is 6.42 Å². The Balaban J connectivity index is 1.52. The maximum Gasteiger partial charge on any atom is 0.319 e. The van der Waals surface area contributed by atoms with Crippen LogP contribution >= 0.6 is 0 Å². The number of carbonyl (C=O) groups excluding carboxylic acids is 1. The zero-order valence-electron chi connectivity index (χ0n) is 16.2. The number of hydrogen-bond acceptors (Lipinski definition) is 4. The molecule has 0 atom stereocenters. The van der Waals surface area contributed by atoms with E-state index in [2.05, 4.69) is 15.7 Å². The molecule has 0 fully saturated rings. The minimum Gasteiger partial charge on any atom is -0.493 e. The second-order valence-corrected chi connectivity index (χ2v) is 6.27. The normalized spacial score (nSPS) is 10.4. The maximum atomic E-state index is 12.2. The number of urea groups is 1. The van der Waals surface area contributed by atoms with E-state index >= 15 is 0 Å². The van der Waals surface area contributed by atoms with E-state index in [-0.39, 0.29) is 6.03 Å². The molecule has 1 aromatic heterocycles. The molecule has 2 aromatic carbocycles. The summed E-state index contributed by atoms with van der Waals surface area (Å²) in [5.74, 6) is 1.20. The number of benzene rings is 2. The van der Waals surface area contributed by atoms with Crippen molar-refractivity contribution in [2.24, 2.45) is 0 Å². The largest absolute Gasteiger partial charge is 0.493 e. The Morgan fingerprint density at radius 1 is 1.11 bits per heavy atom. The predicted molar refractivity (Wildman–Crippen MR) is 109 cm³/mol. The van der Waals surface area contributed by atoms with Crippen molar-refractivity contribution in [3.8, 4) is 17.2 Å². The summed E-state index contributed by atoms with van der Waals surface area (Å²) in [7, 11) is 3.15. The number of nitrogens with one attached hydrogen (secondary N) is 2. The van der Waals surface area contributed by atoms with Gasteiger partial charge in [-0.25, -0.2) is 9.48 Å². The molecular formula is C21H24N4O3. The topological polar surface area (TPSA) is 77.4 Å². The summed E-state index contributed by atoms with van der Waals surface area (Å²) in [5, 5.41) is 9.93. The van der Waals surface area contributed by atoms with Gasteiger partial charge in [0, 0.05) is 30.7 Å². The number of aromatic nitrogens is 2. The van der Waals surface area contributed by atoms with Crippen LogP contribution in [0.4, 0.5) is 10.5 Å². The van der Waals surface area contributed by atoms with E-state index in [1.165, 1.54) is 0 Å². The molecule has 0 spiro atoms. The van der Waals surface area contributed by atoms with Gasteiger partial charge in [0.25, 0.3) is 0 Å². The zero-order chi connectivity index (χ0) is 19.9. The lowest BCUT2D eigenvalue weighted by molar-refractivity contribution is 0.252. The van der Waals surface area contributed by atoms with E-state index in [1.54, 1.807) is 31.2 Å². The molecule has 0 saturated heterocycles. The van der Waals surface area contributed by atoms with Gasteiger partial charge >= 0.3 is 6.03 Å². The molecule has 0 unspecified atom stereocenters. The van der Waals surface area contributed by atoms with Gasteiger partial charge in [0.1, 0.15) is 0 Å².